The largest absolute Gasteiger partial charge is 0.354 e. The van der Waals surface area contributed by atoms with E-state index in [4.69, 9.17) is 17.0 Å². The Morgan fingerprint density at radius 3 is 2.55 bits per heavy atom. The average molecular weight is 481 g/mol. The van der Waals surface area contributed by atoms with Gasteiger partial charge in [-0.1, -0.05) is 24.4 Å². The van der Waals surface area contributed by atoms with Crippen LogP contribution < -0.4 is 10.4 Å². The lowest BCUT2D eigenvalue weighted by atomic mass is 9.96. The lowest BCUT2D eigenvalue weighted by molar-refractivity contribution is 0.172. The molecule has 4 N–H and O–H groups in total. The standard InChI is InChI=1S/C22H24ClF3N6O/c1-31(2)22(7-3-4-8-22)11-28-21-29-18-13(10-16(25)17(26)19(18)30-21)20(27)32(33)12-5-6-15(24)14(23)9-12/h5-6,9-10,27,33H,3-4,7-8,11H2,1-2H3,(H2,28,29,30). The van der Waals surface area contributed by atoms with E-state index in [0.29, 0.717) is 11.6 Å². The molecule has 4 rings (SSSR count). The topological polar surface area (TPSA) is 91.3 Å². The van der Waals surface area contributed by atoms with Crippen LogP contribution in [0.4, 0.5) is 24.8 Å². The van der Waals surface area contributed by atoms with E-state index in [-0.39, 0.29) is 38.8 Å². The van der Waals surface area contributed by atoms with Crippen molar-refractivity contribution in [3.05, 3.63) is 52.3 Å². The maximum Gasteiger partial charge on any atom is 0.201 e. The fraction of sp³-hybridized carbons (Fsp3) is 0.364. The number of hydrogen-bond acceptors (Lipinski definition) is 5. The minimum Gasteiger partial charge on any atom is -0.354 e. The second-order valence-corrected chi connectivity index (χ2v) is 8.87. The van der Waals surface area contributed by atoms with Gasteiger partial charge in [0.2, 0.25) is 5.95 Å². The SMILES string of the molecule is CN(C)C1(CNc2nc3c(F)c(F)cc(C(=N)N(O)c4ccc(F)c(Cl)c4)c3[nH]2)CCCC1. The molecule has 7 nitrogen and oxygen atoms in total. The smallest absolute Gasteiger partial charge is 0.201 e. The van der Waals surface area contributed by atoms with Gasteiger partial charge in [0.05, 0.1) is 16.2 Å². The summed E-state index contributed by atoms with van der Waals surface area (Å²) in [5.41, 5.74) is -0.471. The number of imidazole rings is 1. The number of rotatable bonds is 6. The summed E-state index contributed by atoms with van der Waals surface area (Å²) in [6.45, 7) is 0.552. The summed E-state index contributed by atoms with van der Waals surface area (Å²) < 4.78 is 42.3. The summed E-state index contributed by atoms with van der Waals surface area (Å²) in [6, 6.07) is 4.14. The molecule has 3 aromatic rings. The Morgan fingerprint density at radius 2 is 1.91 bits per heavy atom. The van der Waals surface area contributed by atoms with Gasteiger partial charge in [-0.3, -0.25) is 10.6 Å². The second kappa shape index (κ2) is 8.85. The third-order valence-electron chi connectivity index (χ3n) is 6.34. The molecule has 0 aliphatic heterocycles. The molecule has 0 amide bonds. The number of amidine groups is 1. The predicted octanol–water partition coefficient (Wildman–Crippen LogP) is 5.14. The van der Waals surface area contributed by atoms with Gasteiger partial charge in [-0.05, 0) is 51.2 Å². The zero-order chi connectivity index (χ0) is 23.9. The van der Waals surface area contributed by atoms with E-state index in [2.05, 4.69) is 20.2 Å². The Labute approximate surface area is 193 Å². The van der Waals surface area contributed by atoms with Crippen LogP contribution in [0.1, 0.15) is 31.2 Å². The van der Waals surface area contributed by atoms with Gasteiger partial charge in [0.15, 0.2) is 17.5 Å². The van der Waals surface area contributed by atoms with E-state index >= 15 is 0 Å². The Balaban J connectivity index is 1.67. The normalized spacial score (nSPS) is 15.4. The molecule has 0 saturated heterocycles. The summed E-state index contributed by atoms with van der Waals surface area (Å²) in [5, 5.41) is 22.2. The number of anilines is 2. The molecule has 33 heavy (non-hydrogen) atoms. The van der Waals surface area contributed by atoms with Gasteiger partial charge < -0.3 is 15.2 Å². The van der Waals surface area contributed by atoms with E-state index in [1.165, 1.54) is 6.07 Å². The maximum atomic E-state index is 14.5. The molecule has 1 aliphatic rings. The van der Waals surface area contributed by atoms with E-state index in [1.807, 2.05) is 14.1 Å². The van der Waals surface area contributed by atoms with Crippen LogP contribution in [0, 0.1) is 22.9 Å². The van der Waals surface area contributed by atoms with E-state index in [0.717, 1.165) is 43.9 Å². The average Bonchev–Trinajstić information content (AvgIpc) is 3.44. The summed E-state index contributed by atoms with van der Waals surface area (Å²) in [4.78, 5) is 9.23. The number of likely N-dealkylation sites (N-methyl/N-ethyl adjacent to an activating group) is 1. The summed E-state index contributed by atoms with van der Waals surface area (Å²) in [6.07, 6.45) is 4.24. The van der Waals surface area contributed by atoms with Crippen LogP contribution in [-0.4, -0.2) is 52.1 Å². The van der Waals surface area contributed by atoms with Crippen molar-refractivity contribution < 1.29 is 18.4 Å². The Morgan fingerprint density at radius 1 is 1.21 bits per heavy atom. The van der Waals surface area contributed by atoms with Gasteiger partial charge in [-0.15, -0.1) is 0 Å². The molecule has 1 aromatic heterocycles. The molecular formula is C22H24ClF3N6O. The molecule has 0 atom stereocenters. The molecule has 1 aliphatic carbocycles. The van der Waals surface area contributed by atoms with Crippen molar-refractivity contribution in [2.24, 2.45) is 0 Å². The molecule has 1 fully saturated rings. The minimum atomic E-state index is -1.22. The monoisotopic (exact) mass is 480 g/mol. The predicted molar refractivity (Wildman–Crippen MR) is 122 cm³/mol. The molecule has 176 valence electrons. The van der Waals surface area contributed by atoms with Crippen molar-refractivity contribution in [3.63, 3.8) is 0 Å². The summed E-state index contributed by atoms with van der Waals surface area (Å²) in [5.74, 6) is -3.42. The number of halogens is 4. The minimum absolute atomic E-state index is 0.0173. The third kappa shape index (κ3) is 4.25. The van der Waals surface area contributed by atoms with Crippen LogP contribution in [0.2, 0.25) is 5.02 Å². The Kier molecular flexibility index (Phi) is 6.26. The van der Waals surface area contributed by atoms with Crippen molar-refractivity contribution in [3.8, 4) is 0 Å². The fourth-order valence-corrected chi connectivity index (χ4v) is 4.47. The quantitative estimate of drug-likeness (QED) is 0.223. The first-order chi connectivity index (χ1) is 15.6. The molecule has 1 saturated carbocycles. The number of benzene rings is 2. The van der Waals surface area contributed by atoms with Crippen LogP contribution in [0.5, 0.6) is 0 Å². The highest BCUT2D eigenvalue weighted by Crippen LogP contribution is 2.34. The first kappa shape index (κ1) is 23.3. The molecule has 0 radical (unpaired) electrons. The van der Waals surface area contributed by atoms with Crippen LogP contribution in [-0.2, 0) is 0 Å². The number of nitrogens with zero attached hydrogens (tertiary/aromatic N) is 3. The first-order valence-corrected chi connectivity index (χ1v) is 10.8. The fourth-order valence-electron chi connectivity index (χ4n) is 4.30. The van der Waals surface area contributed by atoms with Crippen LogP contribution in [0.25, 0.3) is 11.0 Å². The van der Waals surface area contributed by atoms with Crippen molar-refractivity contribution in [1.82, 2.24) is 14.9 Å². The van der Waals surface area contributed by atoms with Gasteiger partial charge in [-0.2, -0.15) is 0 Å². The van der Waals surface area contributed by atoms with E-state index in [1.54, 1.807) is 0 Å². The number of H-pyrrole nitrogens is 1. The number of hydrogen-bond donors (Lipinski definition) is 4. The van der Waals surface area contributed by atoms with Gasteiger partial charge in [0.1, 0.15) is 11.3 Å². The van der Waals surface area contributed by atoms with Gasteiger partial charge in [0.25, 0.3) is 0 Å². The third-order valence-corrected chi connectivity index (χ3v) is 6.63. The highest BCUT2D eigenvalue weighted by Gasteiger charge is 2.36. The molecule has 11 heteroatoms. The highest BCUT2D eigenvalue weighted by molar-refractivity contribution is 6.31. The lowest BCUT2D eigenvalue weighted by Crippen LogP contribution is -2.47. The van der Waals surface area contributed by atoms with Gasteiger partial charge >= 0.3 is 0 Å². The highest BCUT2D eigenvalue weighted by atomic mass is 35.5. The zero-order valence-corrected chi connectivity index (χ0v) is 18.9. The summed E-state index contributed by atoms with van der Waals surface area (Å²) >= 11 is 5.75. The Bertz CT molecular complexity index is 1210. The van der Waals surface area contributed by atoms with Crippen LogP contribution in [0.15, 0.2) is 24.3 Å². The van der Waals surface area contributed by atoms with Gasteiger partial charge in [0, 0.05) is 17.6 Å². The first-order valence-electron chi connectivity index (χ1n) is 10.4. The van der Waals surface area contributed by atoms with Crippen molar-refractivity contribution in [2.75, 3.05) is 31.0 Å². The second-order valence-electron chi connectivity index (χ2n) is 8.47. The number of hydroxylamine groups is 1. The van der Waals surface area contributed by atoms with E-state index in [9.17, 15) is 18.4 Å². The Hall–Kier alpha value is -2.82. The van der Waals surface area contributed by atoms with Crippen molar-refractivity contribution in [2.45, 2.75) is 31.2 Å². The molecule has 0 bridgehead atoms. The van der Waals surface area contributed by atoms with Gasteiger partial charge in [-0.25, -0.2) is 23.2 Å². The lowest BCUT2D eigenvalue weighted by Gasteiger charge is -2.36. The molecule has 1 heterocycles. The molecule has 0 spiro atoms. The molecule has 2 aromatic carbocycles. The van der Waals surface area contributed by atoms with Crippen molar-refractivity contribution in [1.29, 1.82) is 5.41 Å². The zero-order valence-electron chi connectivity index (χ0n) is 18.1. The van der Waals surface area contributed by atoms with E-state index < -0.39 is 23.3 Å². The summed E-state index contributed by atoms with van der Waals surface area (Å²) in [7, 11) is 4.02. The maximum absolute atomic E-state index is 14.5. The number of fused-ring (bicyclic) bond motifs is 1. The molecule has 0 unspecified atom stereocenters. The number of aromatic nitrogens is 2. The number of nitrogens with one attached hydrogen (secondary N) is 3. The number of aromatic amines is 1. The molecular weight excluding hydrogens is 457 g/mol. The van der Waals surface area contributed by atoms with Crippen LogP contribution in [0.3, 0.4) is 0 Å². The van der Waals surface area contributed by atoms with Crippen LogP contribution >= 0.6 is 11.6 Å². The van der Waals surface area contributed by atoms with Crippen molar-refractivity contribution >= 4 is 40.1 Å².